The summed E-state index contributed by atoms with van der Waals surface area (Å²) >= 11 is 0. The van der Waals surface area contributed by atoms with E-state index in [-0.39, 0.29) is 0 Å². The Hall–Kier alpha value is 0. The van der Waals surface area contributed by atoms with Crippen molar-refractivity contribution in [2.24, 2.45) is 17.8 Å². The minimum absolute atomic E-state index is 0.897. The average molecular weight is 140 g/mol. The van der Waals surface area contributed by atoms with Gasteiger partial charge in [-0.15, -0.1) is 0 Å². The molecule has 1 rings (SSSR count). The van der Waals surface area contributed by atoms with Crippen LogP contribution < -0.4 is 0 Å². The molecule has 1 fully saturated rings. The molecule has 0 spiro atoms. The Bertz CT molecular complexity index is 86.2. The lowest BCUT2D eigenvalue weighted by atomic mass is 9.94. The van der Waals surface area contributed by atoms with Crippen LogP contribution in [-0.2, 0) is 0 Å². The van der Waals surface area contributed by atoms with Gasteiger partial charge in [-0.25, -0.2) is 0 Å². The van der Waals surface area contributed by atoms with Crippen molar-refractivity contribution in [1.29, 1.82) is 0 Å². The Morgan fingerprint density at radius 3 is 2.20 bits per heavy atom. The van der Waals surface area contributed by atoms with E-state index in [4.69, 9.17) is 0 Å². The molecule has 1 unspecified atom stereocenters. The van der Waals surface area contributed by atoms with Gasteiger partial charge in [0.1, 0.15) is 0 Å². The third-order valence-corrected chi connectivity index (χ3v) is 2.31. The first-order valence-corrected chi connectivity index (χ1v) is 4.68. The zero-order chi connectivity index (χ0) is 7.56. The van der Waals surface area contributed by atoms with Crippen molar-refractivity contribution in [2.75, 3.05) is 0 Å². The quantitative estimate of drug-likeness (QED) is 0.561. The monoisotopic (exact) mass is 140 g/mol. The summed E-state index contributed by atoms with van der Waals surface area (Å²) in [5, 5.41) is 0. The van der Waals surface area contributed by atoms with Gasteiger partial charge in [0.05, 0.1) is 0 Å². The van der Waals surface area contributed by atoms with Crippen LogP contribution in [0.3, 0.4) is 0 Å². The minimum atomic E-state index is 0.897. The molecule has 0 nitrogen and oxygen atoms in total. The van der Waals surface area contributed by atoms with Crippen LogP contribution >= 0.6 is 0 Å². The molecule has 1 aliphatic carbocycles. The molecule has 0 bridgehead atoms. The van der Waals surface area contributed by atoms with Crippen molar-refractivity contribution in [2.45, 2.75) is 46.5 Å². The van der Waals surface area contributed by atoms with Crippen LogP contribution in [0, 0.1) is 17.8 Å². The van der Waals surface area contributed by atoms with E-state index >= 15 is 0 Å². The zero-order valence-electron chi connectivity index (χ0n) is 7.56. The molecule has 0 aromatic rings. The number of hydrogen-bond acceptors (Lipinski definition) is 0. The minimum Gasteiger partial charge on any atom is -0.0628 e. The van der Waals surface area contributed by atoms with Crippen molar-refractivity contribution >= 4 is 0 Å². The lowest BCUT2D eigenvalue weighted by Crippen LogP contribution is -2.00. The van der Waals surface area contributed by atoms with Crippen LogP contribution in [0.1, 0.15) is 46.5 Å². The molecule has 0 heteroatoms. The molecule has 0 N–H and O–H groups in total. The van der Waals surface area contributed by atoms with Crippen molar-refractivity contribution in [3.05, 3.63) is 0 Å². The van der Waals surface area contributed by atoms with Gasteiger partial charge >= 0.3 is 0 Å². The number of hydrogen-bond donors (Lipinski definition) is 0. The van der Waals surface area contributed by atoms with E-state index in [1.165, 1.54) is 25.7 Å². The lowest BCUT2D eigenvalue weighted by Gasteiger charge is -2.12. The van der Waals surface area contributed by atoms with E-state index in [0.29, 0.717) is 0 Å². The lowest BCUT2D eigenvalue weighted by molar-refractivity contribution is 0.397. The topological polar surface area (TPSA) is 0 Å². The normalized spacial score (nSPS) is 21.6. The van der Waals surface area contributed by atoms with E-state index in [1.54, 1.807) is 0 Å². The average Bonchev–Trinajstić information content (AvgIpc) is 2.46. The molecule has 0 aromatic carbocycles. The fourth-order valence-corrected chi connectivity index (χ4v) is 1.82. The van der Waals surface area contributed by atoms with Gasteiger partial charge in [0.2, 0.25) is 0 Å². The summed E-state index contributed by atoms with van der Waals surface area (Å²) in [5.74, 6) is 3.00. The largest absolute Gasteiger partial charge is 0.0628 e. The fraction of sp³-hybridized carbons (Fsp3) is 1.00. The van der Waals surface area contributed by atoms with E-state index in [2.05, 4.69) is 20.8 Å². The summed E-state index contributed by atoms with van der Waals surface area (Å²) in [6.45, 7) is 7.05. The molecule has 0 aromatic heterocycles. The Morgan fingerprint density at radius 1 is 1.20 bits per heavy atom. The molecule has 0 heterocycles. The third-order valence-electron chi connectivity index (χ3n) is 2.31. The summed E-state index contributed by atoms with van der Waals surface area (Å²) in [6, 6.07) is 0. The molecule has 60 valence electrons. The van der Waals surface area contributed by atoms with Gasteiger partial charge < -0.3 is 0 Å². The second-order valence-electron chi connectivity index (χ2n) is 4.41. The van der Waals surface area contributed by atoms with E-state index < -0.39 is 0 Å². The molecule has 0 amide bonds. The summed E-state index contributed by atoms with van der Waals surface area (Å²) in [4.78, 5) is 0. The van der Waals surface area contributed by atoms with Gasteiger partial charge in [-0.2, -0.15) is 0 Å². The van der Waals surface area contributed by atoms with Crippen molar-refractivity contribution in [1.82, 2.24) is 0 Å². The molecule has 1 aliphatic rings. The summed E-state index contributed by atoms with van der Waals surface area (Å²) < 4.78 is 0. The Morgan fingerprint density at radius 2 is 1.80 bits per heavy atom. The molecular weight excluding hydrogens is 120 g/mol. The first kappa shape index (κ1) is 8.10. The van der Waals surface area contributed by atoms with Gasteiger partial charge in [-0.3, -0.25) is 0 Å². The number of rotatable bonds is 4. The highest BCUT2D eigenvalue weighted by Gasteiger charge is 2.23. The molecule has 10 heavy (non-hydrogen) atoms. The van der Waals surface area contributed by atoms with Gasteiger partial charge in [-0.1, -0.05) is 33.6 Å². The van der Waals surface area contributed by atoms with Crippen molar-refractivity contribution in [3.63, 3.8) is 0 Å². The van der Waals surface area contributed by atoms with Crippen LogP contribution in [0.5, 0.6) is 0 Å². The van der Waals surface area contributed by atoms with Crippen molar-refractivity contribution < 1.29 is 0 Å². The predicted molar refractivity (Wildman–Crippen MR) is 46.0 cm³/mol. The SMILES string of the molecule is CC(C)CC(C)CC1CC1. The molecule has 1 saturated carbocycles. The van der Waals surface area contributed by atoms with Crippen LogP contribution in [0.2, 0.25) is 0 Å². The van der Waals surface area contributed by atoms with Crippen LogP contribution in [0.25, 0.3) is 0 Å². The Labute approximate surface area is 65.0 Å². The first-order valence-electron chi connectivity index (χ1n) is 4.68. The van der Waals surface area contributed by atoms with Crippen LogP contribution in [0.15, 0.2) is 0 Å². The molecule has 1 atom stereocenters. The van der Waals surface area contributed by atoms with Crippen molar-refractivity contribution in [3.8, 4) is 0 Å². The standard InChI is InChI=1S/C10H20/c1-8(2)6-9(3)7-10-4-5-10/h8-10H,4-7H2,1-3H3. The fourth-order valence-electron chi connectivity index (χ4n) is 1.82. The highest BCUT2D eigenvalue weighted by Crippen LogP contribution is 2.36. The van der Waals surface area contributed by atoms with Crippen LogP contribution in [-0.4, -0.2) is 0 Å². The predicted octanol–water partition coefficient (Wildman–Crippen LogP) is 3.47. The van der Waals surface area contributed by atoms with Gasteiger partial charge in [0, 0.05) is 0 Å². The second-order valence-corrected chi connectivity index (χ2v) is 4.41. The molecule has 0 radical (unpaired) electrons. The summed E-state index contributed by atoms with van der Waals surface area (Å²) in [6.07, 6.45) is 5.96. The molecule has 0 aliphatic heterocycles. The van der Waals surface area contributed by atoms with Crippen LogP contribution in [0.4, 0.5) is 0 Å². The summed E-state index contributed by atoms with van der Waals surface area (Å²) in [7, 11) is 0. The Balaban J connectivity index is 2.02. The highest BCUT2D eigenvalue weighted by molar-refractivity contribution is 4.75. The molecular formula is C10H20. The Kier molecular flexibility index (Phi) is 2.76. The second kappa shape index (κ2) is 3.41. The summed E-state index contributed by atoms with van der Waals surface area (Å²) in [5.41, 5.74) is 0. The van der Waals surface area contributed by atoms with E-state index in [1.807, 2.05) is 0 Å². The maximum Gasteiger partial charge on any atom is -0.0412 e. The first-order chi connectivity index (χ1) is 4.68. The van der Waals surface area contributed by atoms with Gasteiger partial charge in [0.25, 0.3) is 0 Å². The molecule has 0 saturated heterocycles. The van der Waals surface area contributed by atoms with Gasteiger partial charge in [-0.05, 0) is 30.6 Å². The van der Waals surface area contributed by atoms with E-state index in [9.17, 15) is 0 Å². The van der Waals surface area contributed by atoms with E-state index in [0.717, 1.165) is 17.8 Å². The smallest absolute Gasteiger partial charge is 0.0412 e. The zero-order valence-corrected chi connectivity index (χ0v) is 7.56. The maximum absolute atomic E-state index is 2.40. The van der Waals surface area contributed by atoms with Gasteiger partial charge in [0.15, 0.2) is 0 Å². The maximum atomic E-state index is 2.40. The third kappa shape index (κ3) is 3.24. The highest BCUT2D eigenvalue weighted by atomic mass is 14.3.